The first-order chi connectivity index (χ1) is 8.13. The van der Waals surface area contributed by atoms with Crippen molar-refractivity contribution in [3.63, 3.8) is 0 Å². The topological polar surface area (TPSA) is 72.3 Å². The van der Waals surface area contributed by atoms with Crippen LogP contribution in [0.3, 0.4) is 0 Å². The number of halogens is 1. The van der Waals surface area contributed by atoms with Crippen molar-refractivity contribution in [1.29, 1.82) is 0 Å². The van der Waals surface area contributed by atoms with Gasteiger partial charge in [0.1, 0.15) is 6.04 Å². The molecule has 2 rings (SSSR count). The molecule has 0 bridgehead atoms. The van der Waals surface area contributed by atoms with E-state index in [1.54, 1.807) is 0 Å². The second kappa shape index (κ2) is 4.94. The summed E-state index contributed by atoms with van der Waals surface area (Å²) in [5.74, 6) is -0.277. The minimum absolute atomic E-state index is 0.221. The van der Waals surface area contributed by atoms with Gasteiger partial charge in [0.05, 0.1) is 0 Å². The molecular formula is C12H16ClN3O. The molecule has 1 aliphatic heterocycles. The molecule has 1 aromatic carbocycles. The standard InChI is InChI=1S/C12H16ClN3O/c13-9-3-4-10(8(6-9)7-14)16-5-1-2-11(16)12(15)17/h3-4,6,11H,1-2,5,7,14H2,(H2,15,17). The molecule has 1 atom stereocenters. The van der Waals surface area contributed by atoms with E-state index in [4.69, 9.17) is 23.1 Å². The Labute approximate surface area is 106 Å². The Bertz CT molecular complexity index is 436. The number of primary amides is 1. The summed E-state index contributed by atoms with van der Waals surface area (Å²) in [6.07, 6.45) is 1.78. The number of nitrogens with two attached hydrogens (primary N) is 2. The number of carbonyl (C=O) groups is 1. The molecule has 4 nitrogen and oxygen atoms in total. The maximum atomic E-state index is 11.4. The van der Waals surface area contributed by atoms with E-state index in [-0.39, 0.29) is 11.9 Å². The lowest BCUT2D eigenvalue weighted by Crippen LogP contribution is -2.40. The summed E-state index contributed by atoms with van der Waals surface area (Å²) in [7, 11) is 0. The third-order valence-electron chi connectivity index (χ3n) is 3.15. The zero-order valence-corrected chi connectivity index (χ0v) is 10.3. The van der Waals surface area contributed by atoms with E-state index in [1.807, 2.05) is 23.1 Å². The zero-order valence-electron chi connectivity index (χ0n) is 9.53. The van der Waals surface area contributed by atoms with Crippen LogP contribution < -0.4 is 16.4 Å². The van der Waals surface area contributed by atoms with Gasteiger partial charge in [0, 0.05) is 23.8 Å². The Morgan fingerprint density at radius 2 is 2.29 bits per heavy atom. The van der Waals surface area contributed by atoms with E-state index in [0.29, 0.717) is 11.6 Å². The summed E-state index contributed by atoms with van der Waals surface area (Å²) in [4.78, 5) is 13.4. The van der Waals surface area contributed by atoms with E-state index < -0.39 is 0 Å². The summed E-state index contributed by atoms with van der Waals surface area (Å²) < 4.78 is 0. The van der Waals surface area contributed by atoms with Crippen LogP contribution in [-0.4, -0.2) is 18.5 Å². The second-order valence-electron chi connectivity index (χ2n) is 4.23. The lowest BCUT2D eigenvalue weighted by atomic mass is 10.1. The SMILES string of the molecule is NCc1cc(Cl)ccc1N1CCCC1C(N)=O. The minimum atomic E-state index is -0.277. The monoisotopic (exact) mass is 253 g/mol. The molecule has 17 heavy (non-hydrogen) atoms. The van der Waals surface area contributed by atoms with Crippen LogP contribution in [0.5, 0.6) is 0 Å². The highest BCUT2D eigenvalue weighted by atomic mass is 35.5. The molecule has 1 aromatic rings. The van der Waals surface area contributed by atoms with Gasteiger partial charge in [-0.05, 0) is 36.6 Å². The van der Waals surface area contributed by atoms with Crippen LogP contribution in [-0.2, 0) is 11.3 Å². The third-order valence-corrected chi connectivity index (χ3v) is 3.39. The molecule has 4 N–H and O–H groups in total. The highest BCUT2D eigenvalue weighted by Crippen LogP contribution is 2.30. The molecule has 1 aliphatic rings. The molecule has 0 aromatic heterocycles. The van der Waals surface area contributed by atoms with Crippen molar-refractivity contribution >= 4 is 23.2 Å². The maximum absolute atomic E-state index is 11.4. The van der Waals surface area contributed by atoms with Crippen LogP contribution in [0.15, 0.2) is 18.2 Å². The Hall–Kier alpha value is -1.26. The van der Waals surface area contributed by atoms with Crippen LogP contribution in [0.25, 0.3) is 0 Å². The third kappa shape index (κ3) is 2.37. The van der Waals surface area contributed by atoms with E-state index in [0.717, 1.165) is 30.6 Å². The molecule has 1 fully saturated rings. The lowest BCUT2D eigenvalue weighted by molar-refractivity contribution is -0.119. The summed E-state index contributed by atoms with van der Waals surface area (Å²) in [6, 6.07) is 5.34. The van der Waals surface area contributed by atoms with Crippen LogP contribution in [0.2, 0.25) is 5.02 Å². The van der Waals surface area contributed by atoms with Gasteiger partial charge in [-0.3, -0.25) is 4.79 Å². The van der Waals surface area contributed by atoms with Gasteiger partial charge in [-0.1, -0.05) is 11.6 Å². The first kappa shape index (κ1) is 12.2. The van der Waals surface area contributed by atoms with Gasteiger partial charge in [0.2, 0.25) is 5.91 Å². The van der Waals surface area contributed by atoms with E-state index in [1.165, 1.54) is 0 Å². The highest BCUT2D eigenvalue weighted by Gasteiger charge is 2.30. The Kier molecular flexibility index (Phi) is 3.54. The molecule has 0 saturated carbocycles. The first-order valence-corrected chi connectivity index (χ1v) is 6.05. The molecule has 0 spiro atoms. The Morgan fingerprint density at radius 3 is 2.94 bits per heavy atom. The number of carbonyl (C=O) groups excluding carboxylic acids is 1. The van der Waals surface area contributed by atoms with Crippen molar-refractivity contribution < 1.29 is 4.79 Å². The van der Waals surface area contributed by atoms with Crippen LogP contribution in [0, 0.1) is 0 Å². The van der Waals surface area contributed by atoms with E-state index >= 15 is 0 Å². The van der Waals surface area contributed by atoms with Crippen LogP contribution in [0.4, 0.5) is 5.69 Å². The number of amides is 1. The summed E-state index contributed by atoms with van der Waals surface area (Å²) in [5, 5.41) is 0.657. The Balaban J connectivity index is 2.36. The van der Waals surface area contributed by atoms with Crippen LogP contribution >= 0.6 is 11.6 Å². The summed E-state index contributed by atoms with van der Waals surface area (Å²) in [5.41, 5.74) is 13.0. The quantitative estimate of drug-likeness (QED) is 0.852. The normalized spacial score (nSPS) is 19.6. The van der Waals surface area contributed by atoms with Crippen molar-refractivity contribution in [2.45, 2.75) is 25.4 Å². The predicted molar refractivity (Wildman–Crippen MR) is 68.9 cm³/mol. The van der Waals surface area contributed by atoms with Gasteiger partial charge in [0.25, 0.3) is 0 Å². The number of hydrogen-bond acceptors (Lipinski definition) is 3. The second-order valence-corrected chi connectivity index (χ2v) is 4.67. The minimum Gasteiger partial charge on any atom is -0.368 e. The number of anilines is 1. The number of nitrogens with zero attached hydrogens (tertiary/aromatic N) is 1. The summed E-state index contributed by atoms with van der Waals surface area (Å²) in [6.45, 7) is 1.24. The molecule has 1 amide bonds. The molecule has 1 unspecified atom stereocenters. The van der Waals surface area contributed by atoms with Gasteiger partial charge in [-0.25, -0.2) is 0 Å². The first-order valence-electron chi connectivity index (χ1n) is 5.68. The van der Waals surface area contributed by atoms with Gasteiger partial charge in [-0.2, -0.15) is 0 Å². The summed E-state index contributed by atoms with van der Waals surface area (Å²) >= 11 is 5.94. The number of hydrogen-bond donors (Lipinski definition) is 2. The maximum Gasteiger partial charge on any atom is 0.240 e. The van der Waals surface area contributed by atoms with Gasteiger partial charge in [-0.15, -0.1) is 0 Å². The van der Waals surface area contributed by atoms with E-state index in [9.17, 15) is 4.79 Å². The average Bonchev–Trinajstić information content (AvgIpc) is 2.77. The van der Waals surface area contributed by atoms with Crippen LogP contribution in [0.1, 0.15) is 18.4 Å². The van der Waals surface area contributed by atoms with Crippen molar-refractivity contribution in [1.82, 2.24) is 0 Å². The number of benzene rings is 1. The lowest BCUT2D eigenvalue weighted by Gasteiger charge is -2.26. The molecule has 1 heterocycles. The van der Waals surface area contributed by atoms with E-state index in [2.05, 4.69) is 0 Å². The van der Waals surface area contributed by atoms with Crippen molar-refractivity contribution in [3.8, 4) is 0 Å². The molecule has 1 saturated heterocycles. The molecule has 0 radical (unpaired) electrons. The fraction of sp³-hybridized carbons (Fsp3) is 0.417. The van der Waals surface area contributed by atoms with Gasteiger partial charge in [0.15, 0.2) is 0 Å². The average molecular weight is 254 g/mol. The Morgan fingerprint density at radius 1 is 1.53 bits per heavy atom. The van der Waals surface area contributed by atoms with Crippen molar-refractivity contribution in [2.75, 3.05) is 11.4 Å². The smallest absolute Gasteiger partial charge is 0.240 e. The molecule has 0 aliphatic carbocycles. The zero-order chi connectivity index (χ0) is 12.4. The highest BCUT2D eigenvalue weighted by molar-refractivity contribution is 6.30. The fourth-order valence-electron chi connectivity index (χ4n) is 2.35. The predicted octanol–water partition coefficient (Wildman–Crippen LogP) is 1.25. The van der Waals surface area contributed by atoms with Crippen molar-refractivity contribution in [3.05, 3.63) is 28.8 Å². The molecule has 92 valence electrons. The van der Waals surface area contributed by atoms with Gasteiger partial charge >= 0.3 is 0 Å². The van der Waals surface area contributed by atoms with Crippen molar-refractivity contribution in [2.24, 2.45) is 11.5 Å². The molecular weight excluding hydrogens is 238 g/mol. The van der Waals surface area contributed by atoms with Gasteiger partial charge < -0.3 is 16.4 Å². The number of rotatable bonds is 3. The molecule has 5 heteroatoms. The fourth-order valence-corrected chi connectivity index (χ4v) is 2.54. The largest absolute Gasteiger partial charge is 0.368 e.